The quantitative estimate of drug-likeness (QED) is 0.832. The largest absolute Gasteiger partial charge is 0.348 e. The van der Waals surface area contributed by atoms with Crippen molar-refractivity contribution in [1.29, 1.82) is 0 Å². The average molecular weight is 401 g/mol. The number of carbonyl (C=O) groups is 1. The van der Waals surface area contributed by atoms with E-state index in [9.17, 15) is 13.2 Å². The summed E-state index contributed by atoms with van der Waals surface area (Å²) in [5, 5.41) is 3.02. The minimum Gasteiger partial charge on any atom is -0.348 e. The highest BCUT2D eigenvalue weighted by molar-refractivity contribution is 7.89. The number of nitrogens with zero attached hydrogens (tertiary/aromatic N) is 1. The summed E-state index contributed by atoms with van der Waals surface area (Å²) < 4.78 is 27.7. The first-order valence-electron chi connectivity index (χ1n) is 9.75. The second kappa shape index (κ2) is 8.45. The van der Waals surface area contributed by atoms with Crippen molar-refractivity contribution < 1.29 is 13.2 Å². The van der Waals surface area contributed by atoms with Crippen molar-refractivity contribution in [1.82, 2.24) is 9.62 Å². The molecule has 2 aromatic rings. The molecule has 1 aliphatic heterocycles. The number of carbonyl (C=O) groups excluding carboxylic acids is 1. The Hall–Kier alpha value is -2.18. The van der Waals surface area contributed by atoms with E-state index in [2.05, 4.69) is 5.32 Å². The van der Waals surface area contributed by atoms with Crippen molar-refractivity contribution in [2.75, 3.05) is 6.54 Å². The van der Waals surface area contributed by atoms with Gasteiger partial charge >= 0.3 is 0 Å². The van der Waals surface area contributed by atoms with Gasteiger partial charge in [0.15, 0.2) is 0 Å². The van der Waals surface area contributed by atoms with E-state index in [0.29, 0.717) is 13.0 Å². The lowest BCUT2D eigenvalue weighted by Gasteiger charge is -2.34. The van der Waals surface area contributed by atoms with Crippen LogP contribution in [0.1, 0.15) is 48.9 Å². The topological polar surface area (TPSA) is 66.5 Å². The van der Waals surface area contributed by atoms with Gasteiger partial charge in [-0.05, 0) is 56.9 Å². The molecule has 28 heavy (non-hydrogen) atoms. The van der Waals surface area contributed by atoms with Crippen molar-refractivity contribution in [3.63, 3.8) is 0 Å². The number of aryl methyl sites for hydroxylation is 2. The molecular formula is C22H28N2O3S. The maximum absolute atomic E-state index is 13.2. The van der Waals surface area contributed by atoms with Crippen LogP contribution in [-0.4, -0.2) is 31.2 Å². The Bertz CT molecular complexity index is 939. The summed E-state index contributed by atoms with van der Waals surface area (Å²) in [5.41, 5.74) is 3.14. The monoisotopic (exact) mass is 400 g/mol. The van der Waals surface area contributed by atoms with Crippen LogP contribution >= 0.6 is 0 Å². The molecule has 2 atom stereocenters. The van der Waals surface area contributed by atoms with Gasteiger partial charge < -0.3 is 5.32 Å². The molecule has 6 heteroatoms. The molecule has 3 rings (SSSR count). The molecule has 1 heterocycles. The fraction of sp³-hybridized carbons (Fsp3) is 0.409. The smallest absolute Gasteiger partial charge is 0.243 e. The summed E-state index contributed by atoms with van der Waals surface area (Å²) in [7, 11) is -3.71. The number of hydrogen-bond acceptors (Lipinski definition) is 3. The number of piperidine rings is 1. The Morgan fingerprint density at radius 1 is 1.07 bits per heavy atom. The van der Waals surface area contributed by atoms with E-state index in [1.165, 1.54) is 4.31 Å². The van der Waals surface area contributed by atoms with Crippen LogP contribution in [0.5, 0.6) is 0 Å². The van der Waals surface area contributed by atoms with Gasteiger partial charge in [-0.25, -0.2) is 8.42 Å². The van der Waals surface area contributed by atoms with Crippen molar-refractivity contribution in [3.05, 3.63) is 65.2 Å². The Labute approximate surface area is 167 Å². The molecule has 1 aliphatic rings. The average Bonchev–Trinajstić information content (AvgIpc) is 2.68. The van der Waals surface area contributed by atoms with Gasteiger partial charge in [-0.1, -0.05) is 48.4 Å². The molecule has 0 aromatic heterocycles. The third-order valence-electron chi connectivity index (χ3n) is 5.40. The molecule has 1 saturated heterocycles. The molecule has 2 unspecified atom stereocenters. The van der Waals surface area contributed by atoms with E-state index >= 15 is 0 Å². The maximum atomic E-state index is 13.2. The Balaban J connectivity index is 1.82. The van der Waals surface area contributed by atoms with Crippen molar-refractivity contribution in [3.8, 4) is 0 Å². The van der Waals surface area contributed by atoms with Gasteiger partial charge in [0.2, 0.25) is 15.9 Å². The van der Waals surface area contributed by atoms with Gasteiger partial charge in [-0.15, -0.1) is 0 Å². The van der Waals surface area contributed by atoms with E-state index in [1.807, 2.05) is 45.0 Å². The molecule has 2 aromatic carbocycles. The van der Waals surface area contributed by atoms with Gasteiger partial charge in [0, 0.05) is 6.54 Å². The number of nitrogens with one attached hydrogen (secondary N) is 1. The fourth-order valence-electron chi connectivity index (χ4n) is 3.76. The molecule has 1 amide bonds. The molecule has 0 aliphatic carbocycles. The zero-order valence-electron chi connectivity index (χ0n) is 16.7. The SMILES string of the molecule is Cc1ccc(S(=O)(=O)N2CCCCC2C(=O)NC(C)c2ccccc2C)cc1. The molecule has 0 spiro atoms. The predicted octanol–water partition coefficient (Wildman–Crippen LogP) is 3.72. The minimum absolute atomic E-state index is 0.181. The number of benzene rings is 2. The van der Waals surface area contributed by atoms with E-state index in [4.69, 9.17) is 0 Å². The lowest BCUT2D eigenvalue weighted by molar-refractivity contribution is -0.126. The molecule has 0 saturated carbocycles. The van der Waals surface area contributed by atoms with E-state index < -0.39 is 16.1 Å². The molecule has 5 nitrogen and oxygen atoms in total. The molecule has 0 bridgehead atoms. The van der Waals surface area contributed by atoms with Gasteiger partial charge in [0.1, 0.15) is 6.04 Å². The highest BCUT2D eigenvalue weighted by atomic mass is 32.2. The van der Waals surface area contributed by atoms with Crippen LogP contribution in [0.2, 0.25) is 0 Å². The van der Waals surface area contributed by atoms with Gasteiger partial charge in [-0.2, -0.15) is 4.31 Å². The lowest BCUT2D eigenvalue weighted by Crippen LogP contribution is -2.52. The van der Waals surface area contributed by atoms with Crippen molar-refractivity contribution in [2.24, 2.45) is 0 Å². The molecule has 150 valence electrons. The first kappa shape index (κ1) is 20.6. The predicted molar refractivity (Wildman–Crippen MR) is 110 cm³/mol. The maximum Gasteiger partial charge on any atom is 0.243 e. The molecule has 0 radical (unpaired) electrons. The van der Waals surface area contributed by atoms with Crippen LogP contribution in [0.15, 0.2) is 53.4 Å². The van der Waals surface area contributed by atoms with Gasteiger partial charge in [0.05, 0.1) is 10.9 Å². The van der Waals surface area contributed by atoms with Crippen molar-refractivity contribution in [2.45, 2.75) is 57.0 Å². The summed E-state index contributed by atoms with van der Waals surface area (Å²) in [6, 6.07) is 13.8. The summed E-state index contributed by atoms with van der Waals surface area (Å²) in [5.74, 6) is -0.230. The molecular weight excluding hydrogens is 372 g/mol. The second-order valence-electron chi connectivity index (χ2n) is 7.53. The normalized spacial score (nSPS) is 19.2. The Morgan fingerprint density at radius 2 is 1.75 bits per heavy atom. The molecule has 1 fully saturated rings. The van der Waals surface area contributed by atoms with E-state index in [1.54, 1.807) is 24.3 Å². The highest BCUT2D eigenvalue weighted by Gasteiger charge is 2.38. The first-order chi connectivity index (χ1) is 13.3. The van der Waals surface area contributed by atoms with Crippen molar-refractivity contribution >= 4 is 15.9 Å². The standard InChI is InChI=1S/C22H28N2O3S/c1-16-11-13-19(14-12-16)28(26,27)24-15-7-6-10-21(24)22(25)23-18(3)20-9-5-4-8-17(20)2/h4-5,8-9,11-14,18,21H,6-7,10,15H2,1-3H3,(H,23,25). The van der Waals surface area contributed by atoms with Crippen LogP contribution in [-0.2, 0) is 14.8 Å². The lowest BCUT2D eigenvalue weighted by atomic mass is 10.0. The number of sulfonamides is 1. The molecule has 1 N–H and O–H groups in total. The zero-order valence-corrected chi connectivity index (χ0v) is 17.5. The van der Waals surface area contributed by atoms with E-state index in [0.717, 1.165) is 29.5 Å². The van der Waals surface area contributed by atoms with E-state index in [-0.39, 0.29) is 16.8 Å². The highest BCUT2D eigenvalue weighted by Crippen LogP contribution is 2.27. The third-order valence-corrected chi connectivity index (χ3v) is 7.32. The van der Waals surface area contributed by atoms with Crippen LogP contribution in [0, 0.1) is 13.8 Å². The first-order valence-corrected chi connectivity index (χ1v) is 11.2. The van der Waals surface area contributed by atoms with Gasteiger partial charge in [0.25, 0.3) is 0 Å². The fourth-order valence-corrected chi connectivity index (χ4v) is 5.42. The number of rotatable bonds is 5. The summed E-state index contributed by atoms with van der Waals surface area (Å²) in [6.45, 7) is 6.22. The van der Waals surface area contributed by atoms with Crippen LogP contribution in [0.25, 0.3) is 0 Å². The number of amides is 1. The van der Waals surface area contributed by atoms with Gasteiger partial charge in [-0.3, -0.25) is 4.79 Å². The second-order valence-corrected chi connectivity index (χ2v) is 9.42. The summed E-state index contributed by atoms with van der Waals surface area (Å²) in [6.07, 6.45) is 2.15. The number of hydrogen-bond donors (Lipinski definition) is 1. The third kappa shape index (κ3) is 4.28. The summed E-state index contributed by atoms with van der Waals surface area (Å²) in [4.78, 5) is 13.3. The Kier molecular flexibility index (Phi) is 6.20. The summed E-state index contributed by atoms with van der Waals surface area (Å²) >= 11 is 0. The van der Waals surface area contributed by atoms with Crippen LogP contribution in [0.4, 0.5) is 0 Å². The zero-order chi connectivity index (χ0) is 20.3. The van der Waals surface area contributed by atoms with Crippen LogP contribution < -0.4 is 5.32 Å². The van der Waals surface area contributed by atoms with Crippen LogP contribution in [0.3, 0.4) is 0 Å². The Morgan fingerprint density at radius 3 is 2.43 bits per heavy atom. The minimum atomic E-state index is -3.71.